The summed E-state index contributed by atoms with van der Waals surface area (Å²) in [5, 5.41) is 9.70. The van der Waals surface area contributed by atoms with Gasteiger partial charge in [0, 0.05) is 30.7 Å². The van der Waals surface area contributed by atoms with Crippen LogP contribution in [-0.4, -0.2) is 27.2 Å². The standard InChI is InChI=1S/C13H11BrN4O2S/c14-11-3-2-10(20-11)12(19)15-6-4-9-8-21-13(17-9)18-7-1-5-16-18/h1-3,5,7-8H,4,6H2,(H,15,19). The summed E-state index contributed by atoms with van der Waals surface area (Å²) in [6.45, 7) is 0.499. The number of carbonyl (C=O) groups is 1. The second-order valence-electron chi connectivity index (χ2n) is 4.18. The zero-order valence-electron chi connectivity index (χ0n) is 10.8. The van der Waals surface area contributed by atoms with Crippen molar-refractivity contribution in [3.8, 4) is 5.13 Å². The maximum Gasteiger partial charge on any atom is 0.287 e. The quantitative estimate of drug-likeness (QED) is 0.753. The van der Waals surface area contributed by atoms with Crippen LogP contribution in [0.3, 0.4) is 0 Å². The molecule has 0 aromatic carbocycles. The van der Waals surface area contributed by atoms with Crippen LogP contribution in [0.2, 0.25) is 0 Å². The number of carbonyl (C=O) groups excluding carboxylic acids is 1. The van der Waals surface area contributed by atoms with Gasteiger partial charge in [-0.15, -0.1) is 11.3 Å². The van der Waals surface area contributed by atoms with E-state index in [4.69, 9.17) is 4.42 Å². The molecular weight excluding hydrogens is 356 g/mol. The highest BCUT2D eigenvalue weighted by Crippen LogP contribution is 2.15. The summed E-state index contributed by atoms with van der Waals surface area (Å²) < 4.78 is 7.43. The molecule has 3 aromatic heterocycles. The first-order valence-electron chi connectivity index (χ1n) is 6.20. The summed E-state index contributed by atoms with van der Waals surface area (Å²) in [5.41, 5.74) is 0.923. The van der Waals surface area contributed by atoms with Gasteiger partial charge in [-0.25, -0.2) is 9.67 Å². The predicted molar refractivity (Wildman–Crippen MR) is 81.7 cm³/mol. The van der Waals surface area contributed by atoms with Crippen LogP contribution in [-0.2, 0) is 6.42 Å². The Morgan fingerprint density at radius 2 is 2.38 bits per heavy atom. The molecule has 0 aliphatic carbocycles. The lowest BCUT2D eigenvalue weighted by Crippen LogP contribution is -2.25. The van der Waals surface area contributed by atoms with E-state index in [1.54, 1.807) is 23.0 Å². The predicted octanol–water partition coefficient (Wildman–Crippen LogP) is 2.66. The Balaban J connectivity index is 1.53. The van der Waals surface area contributed by atoms with E-state index in [9.17, 15) is 4.79 Å². The van der Waals surface area contributed by atoms with Crippen molar-refractivity contribution in [2.45, 2.75) is 6.42 Å². The minimum atomic E-state index is -0.233. The number of furan rings is 1. The minimum Gasteiger partial charge on any atom is -0.444 e. The summed E-state index contributed by atoms with van der Waals surface area (Å²) in [4.78, 5) is 16.2. The van der Waals surface area contributed by atoms with Crippen LogP contribution in [0.1, 0.15) is 16.2 Å². The lowest BCUT2D eigenvalue weighted by molar-refractivity contribution is 0.0925. The number of nitrogens with one attached hydrogen (secondary N) is 1. The molecule has 8 heteroatoms. The van der Waals surface area contributed by atoms with E-state index in [1.807, 2.05) is 17.6 Å². The third kappa shape index (κ3) is 3.40. The molecule has 0 unspecified atom stereocenters. The normalized spacial score (nSPS) is 10.7. The van der Waals surface area contributed by atoms with Gasteiger partial charge in [0.2, 0.25) is 5.13 Å². The van der Waals surface area contributed by atoms with Crippen LogP contribution >= 0.6 is 27.3 Å². The Bertz CT molecular complexity index is 735. The molecule has 1 N–H and O–H groups in total. The molecular formula is C13H11BrN4O2S. The number of amides is 1. The summed E-state index contributed by atoms with van der Waals surface area (Å²) in [7, 11) is 0. The highest BCUT2D eigenvalue weighted by Gasteiger charge is 2.10. The smallest absolute Gasteiger partial charge is 0.287 e. The van der Waals surface area contributed by atoms with E-state index in [2.05, 4.69) is 31.3 Å². The molecule has 0 fully saturated rings. The molecule has 3 heterocycles. The molecule has 1 amide bonds. The third-order valence-electron chi connectivity index (χ3n) is 2.70. The molecule has 0 spiro atoms. The first-order chi connectivity index (χ1) is 10.2. The Morgan fingerprint density at radius 1 is 1.48 bits per heavy atom. The van der Waals surface area contributed by atoms with E-state index in [1.165, 1.54) is 11.3 Å². The number of hydrogen-bond donors (Lipinski definition) is 1. The summed E-state index contributed by atoms with van der Waals surface area (Å²) in [5.74, 6) is 0.0561. The van der Waals surface area contributed by atoms with Crippen LogP contribution in [0.5, 0.6) is 0 Å². The van der Waals surface area contributed by atoms with Crippen LogP contribution < -0.4 is 5.32 Å². The van der Waals surface area contributed by atoms with Gasteiger partial charge in [0.1, 0.15) is 0 Å². The van der Waals surface area contributed by atoms with Crippen LogP contribution in [0.15, 0.2) is 45.1 Å². The average Bonchev–Trinajstić information content (AvgIpc) is 3.19. The maximum absolute atomic E-state index is 11.8. The highest BCUT2D eigenvalue weighted by molar-refractivity contribution is 9.10. The zero-order chi connectivity index (χ0) is 14.7. The van der Waals surface area contributed by atoms with Crippen molar-refractivity contribution < 1.29 is 9.21 Å². The van der Waals surface area contributed by atoms with Gasteiger partial charge in [-0.05, 0) is 34.1 Å². The van der Waals surface area contributed by atoms with E-state index in [-0.39, 0.29) is 11.7 Å². The van der Waals surface area contributed by atoms with Crippen LogP contribution in [0, 0.1) is 0 Å². The SMILES string of the molecule is O=C(NCCc1csc(-n2cccn2)n1)c1ccc(Br)o1. The van der Waals surface area contributed by atoms with E-state index in [0.29, 0.717) is 17.6 Å². The molecule has 108 valence electrons. The van der Waals surface area contributed by atoms with Crippen molar-refractivity contribution in [2.24, 2.45) is 0 Å². The molecule has 0 saturated heterocycles. The molecule has 3 rings (SSSR count). The van der Waals surface area contributed by atoms with Gasteiger partial charge in [0.05, 0.1) is 5.69 Å². The van der Waals surface area contributed by atoms with E-state index >= 15 is 0 Å². The number of hydrogen-bond acceptors (Lipinski definition) is 5. The maximum atomic E-state index is 11.8. The van der Waals surface area contributed by atoms with Gasteiger partial charge in [-0.2, -0.15) is 5.10 Å². The van der Waals surface area contributed by atoms with Crippen LogP contribution in [0.4, 0.5) is 0 Å². The third-order valence-corrected chi connectivity index (χ3v) is 4.01. The number of thiazole rings is 1. The fourth-order valence-corrected chi connectivity index (χ4v) is 2.83. The molecule has 0 atom stereocenters. The molecule has 6 nitrogen and oxygen atoms in total. The van der Waals surface area contributed by atoms with E-state index < -0.39 is 0 Å². The van der Waals surface area contributed by atoms with Gasteiger partial charge < -0.3 is 9.73 Å². The molecule has 3 aromatic rings. The van der Waals surface area contributed by atoms with E-state index in [0.717, 1.165) is 10.8 Å². The lowest BCUT2D eigenvalue weighted by atomic mass is 10.3. The number of rotatable bonds is 5. The fraction of sp³-hybridized carbons (Fsp3) is 0.154. The largest absolute Gasteiger partial charge is 0.444 e. The van der Waals surface area contributed by atoms with Crippen molar-refractivity contribution >= 4 is 33.2 Å². The van der Waals surface area contributed by atoms with Gasteiger partial charge in [-0.1, -0.05) is 0 Å². The topological polar surface area (TPSA) is 73.0 Å². The summed E-state index contributed by atoms with van der Waals surface area (Å²) in [6.07, 6.45) is 4.22. The lowest BCUT2D eigenvalue weighted by Gasteiger charge is -2.01. The second kappa shape index (κ2) is 6.23. The number of nitrogens with zero attached hydrogens (tertiary/aromatic N) is 3. The Kier molecular flexibility index (Phi) is 4.16. The monoisotopic (exact) mass is 366 g/mol. The molecule has 0 aliphatic heterocycles. The number of aromatic nitrogens is 3. The molecule has 0 bridgehead atoms. The van der Waals surface area contributed by atoms with Gasteiger partial charge >= 0.3 is 0 Å². The van der Waals surface area contributed by atoms with Gasteiger partial charge in [-0.3, -0.25) is 4.79 Å². The molecule has 21 heavy (non-hydrogen) atoms. The summed E-state index contributed by atoms with van der Waals surface area (Å²) in [6, 6.07) is 5.16. The van der Waals surface area contributed by atoms with Gasteiger partial charge in [0.25, 0.3) is 5.91 Å². The Hall–Kier alpha value is -1.93. The molecule has 0 aliphatic rings. The van der Waals surface area contributed by atoms with Crippen molar-refractivity contribution in [1.29, 1.82) is 0 Å². The van der Waals surface area contributed by atoms with Crippen molar-refractivity contribution in [3.63, 3.8) is 0 Å². The van der Waals surface area contributed by atoms with Crippen molar-refractivity contribution in [2.75, 3.05) is 6.54 Å². The first-order valence-corrected chi connectivity index (χ1v) is 7.87. The van der Waals surface area contributed by atoms with Crippen LogP contribution in [0.25, 0.3) is 5.13 Å². The number of halogens is 1. The van der Waals surface area contributed by atoms with Crippen molar-refractivity contribution in [3.05, 3.63) is 52.1 Å². The second-order valence-corrected chi connectivity index (χ2v) is 5.80. The molecule has 0 saturated carbocycles. The minimum absolute atomic E-state index is 0.233. The van der Waals surface area contributed by atoms with Gasteiger partial charge in [0.15, 0.2) is 10.4 Å². The molecule has 0 radical (unpaired) electrons. The summed E-state index contributed by atoms with van der Waals surface area (Å²) >= 11 is 4.68. The van der Waals surface area contributed by atoms with Crippen molar-refractivity contribution in [1.82, 2.24) is 20.1 Å². The Labute approximate surface area is 132 Å². The zero-order valence-corrected chi connectivity index (χ0v) is 13.2. The first kappa shape index (κ1) is 14.0. The fourth-order valence-electron chi connectivity index (χ4n) is 1.73. The Morgan fingerprint density at radius 3 is 3.10 bits per heavy atom. The average molecular weight is 367 g/mol. The highest BCUT2D eigenvalue weighted by atomic mass is 79.9.